The van der Waals surface area contributed by atoms with Crippen molar-refractivity contribution in [3.63, 3.8) is 0 Å². The minimum atomic E-state index is 0. The molecule has 30 heavy (non-hydrogen) atoms. The van der Waals surface area contributed by atoms with E-state index in [4.69, 9.17) is 27.9 Å². The molecule has 1 heterocycles. The standard InChI is InChI=1S/C19H20BrCl2N5OS.ClH/c1-27-19(24-25-26-27)29-8-2-7-23-11-14-9-15(20)4-6-18(14)28-12-13-3-5-16(21)10-17(13)22;/h3-6,9-10,23H,2,7-8,11-12H2,1H3;1H. The summed E-state index contributed by atoms with van der Waals surface area (Å²) in [4.78, 5) is 0. The van der Waals surface area contributed by atoms with E-state index in [9.17, 15) is 0 Å². The van der Waals surface area contributed by atoms with Crippen molar-refractivity contribution in [2.45, 2.75) is 24.7 Å². The number of hydrogen-bond donors (Lipinski definition) is 1. The van der Waals surface area contributed by atoms with Gasteiger partial charge in [0.1, 0.15) is 12.4 Å². The summed E-state index contributed by atoms with van der Waals surface area (Å²) in [6.45, 7) is 1.97. The summed E-state index contributed by atoms with van der Waals surface area (Å²) in [5.41, 5.74) is 1.97. The minimum absolute atomic E-state index is 0. The van der Waals surface area contributed by atoms with E-state index in [-0.39, 0.29) is 12.4 Å². The Labute approximate surface area is 204 Å². The molecule has 0 amide bonds. The van der Waals surface area contributed by atoms with Crippen LogP contribution >= 0.6 is 63.3 Å². The van der Waals surface area contributed by atoms with E-state index in [1.807, 2.05) is 31.3 Å². The van der Waals surface area contributed by atoms with Gasteiger partial charge in [0.2, 0.25) is 5.16 Å². The summed E-state index contributed by atoms with van der Waals surface area (Å²) < 4.78 is 8.71. The number of aryl methyl sites for hydroxylation is 1. The van der Waals surface area contributed by atoms with Crippen LogP contribution in [0.4, 0.5) is 0 Å². The van der Waals surface area contributed by atoms with Crippen LogP contribution in [0.2, 0.25) is 10.0 Å². The van der Waals surface area contributed by atoms with Gasteiger partial charge in [-0.3, -0.25) is 0 Å². The number of ether oxygens (including phenoxy) is 1. The Morgan fingerprint density at radius 2 is 2.00 bits per heavy atom. The highest BCUT2D eigenvalue weighted by molar-refractivity contribution is 9.10. The van der Waals surface area contributed by atoms with Crippen LogP contribution in [0.1, 0.15) is 17.5 Å². The predicted molar refractivity (Wildman–Crippen MR) is 128 cm³/mol. The normalized spacial score (nSPS) is 10.7. The molecule has 162 valence electrons. The van der Waals surface area contributed by atoms with Crippen LogP contribution in [0.25, 0.3) is 0 Å². The molecule has 11 heteroatoms. The zero-order valence-corrected chi connectivity index (χ0v) is 20.9. The Bertz CT molecular complexity index is 960. The Hall–Kier alpha value is -1.03. The van der Waals surface area contributed by atoms with Gasteiger partial charge in [-0.25, -0.2) is 4.68 Å². The summed E-state index contributed by atoms with van der Waals surface area (Å²) in [6.07, 6.45) is 1.00. The second kappa shape index (κ2) is 12.7. The fourth-order valence-electron chi connectivity index (χ4n) is 2.55. The number of aromatic nitrogens is 4. The van der Waals surface area contributed by atoms with E-state index in [1.165, 1.54) is 0 Å². The minimum Gasteiger partial charge on any atom is -0.489 e. The highest BCUT2D eigenvalue weighted by Gasteiger charge is 2.08. The van der Waals surface area contributed by atoms with Gasteiger partial charge in [0.15, 0.2) is 0 Å². The van der Waals surface area contributed by atoms with Crippen molar-refractivity contribution >= 4 is 63.3 Å². The van der Waals surface area contributed by atoms with Crippen molar-refractivity contribution in [3.05, 3.63) is 62.0 Å². The van der Waals surface area contributed by atoms with Crippen LogP contribution in [0.5, 0.6) is 5.75 Å². The average molecular weight is 554 g/mol. The molecule has 3 rings (SSSR count). The fourth-order valence-corrected chi connectivity index (χ4v) is 4.21. The molecule has 0 saturated heterocycles. The zero-order chi connectivity index (χ0) is 20.6. The Morgan fingerprint density at radius 1 is 1.17 bits per heavy atom. The van der Waals surface area contributed by atoms with Gasteiger partial charge in [0.25, 0.3) is 0 Å². The van der Waals surface area contributed by atoms with Gasteiger partial charge >= 0.3 is 0 Å². The van der Waals surface area contributed by atoms with E-state index in [2.05, 4.69) is 42.8 Å². The van der Waals surface area contributed by atoms with Gasteiger partial charge in [-0.05, 0) is 53.7 Å². The number of rotatable bonds is 10. The number of halogens is 4. The van der Waals surface area contributed by atoms with Crippen LogP contribution in [0, 0.1) is 0 Å². The van der Waals surface area contributed by atoms with Crippen molar-refractivity contribution in [1.29, 1.82) is 0 Å². The van der Waals surface area contributed by atoms with E-state index in [0.29, 0.717) is 23.2 Å². The highest BCUT2D eigenvalue weighted by Crippen LogP contribution is 2.26. The number of benzene rings is 2. The lowest BCUT2D eigenvalue weighted by Crippen LogP contribution is -2.16. The molecule has 0 bridgehead atoms. The topological polar surface area (TPSA) is 64.9 Å². The van der Waals surface area contributed by atoms with E-state index in [1.54, 1.807) is 22.5 Å². The zero-order valence-electron chi connectivity index (χ0n) is 16.1. The third kappa shape index (κ3) is 7.59. The van der Waals surface area contributed by atoms with Crippen molar-refractivity contribution < 1.29 is 4.74 Å². The van der Waals surface area contributed by atoms with Gasteiger partial charge in [0, 0.05) is 45.0 Å². The third-order valence-electron chi connectivity index (χ3n) is 4.05. The van der Waals surface area contributed by atoms with E-state index >= 15 is 0 Å². The first-order valence-electron chi connectivity index (χ1n) is 8.94. The number of hydrogen-bond acceptors (Lipinski definition) is 6. The molecule has 2 aromatic carbocycles. The Morgan fingerprint density at radius 3 is 2.73 bits per heavy atom. The smallest absolute Gasteiger partial charge is 0.209 e. The SMILES string of the molecule is Cl.Cn1nnnc1SCCCNCc1cc(Br)ccc1OCc1ccc(Cl)cc1Cl. The van der Waals surface area contributed by atoms with Crippen LogP contribution in [-0.2, 0) is 20.2 Å². The third-order valence-corrected chi connectivity index (χ3v) is 6.22. The number of nitrogens with one attached hydrogen (secondary N) is 1. The van der Waals surface area contributed by atoms with Crippen LogP contribution in [0.3, 0.4) is 0 Å². The van der Waals surface area contributed by atoms with Gasteiger partial charge < -0.3 is 10.1 Å². The lowest BCUT2D eigenvalue weighted by molar-refractivity contribution is 0.302. The van der Waals surface area contributed by atoms with E-state index in [0.717, 1.165) is 45.2 Å². The summed E-state index contributed by atoms with van der Waals surface area (Å²) in [6, 6.07) is 11.4. The predicted octanol–water partition coefficient (Wildman–Crippen LogP) is 5.55. The maximum Gasteiger partial charge on any atom is 0.209 e. The molecule has 0 aliphatic heterocycles. The fraction of sp³-hybridized carbons (Fsp3) is 0.316. The molecule has 1 N–H and O–H groups in total. The maximum absolute atomic E-state index is 6.24. The second-order valence-electron chi connectivity index (χ2n) is 6.24. The lowest BCUT2D eigenvalue weighted by atomic mass is 10.2. The summed E-state index contributed by atoms with van der Waals surface area (Å²) in [5.74, 6) is 1.77. The largest absolute Gasteiger partial charge is 0.489 e. The van der Waals surface area contributed by atoms with Gasteiger partial charge in [0.05, 0.1) is 0 Å². The molecule has 6 nitrogen and oxygen atoms in total. The van der Waals surface area contributed by atoms with Crippen molar-refractivity contribution in [3.8, 4) is 5.75 Å². The molecule has 0 fully saturated rings. The molecule has 0 saturated carbocycles. The Kier molecular flexibility index (Phi) is 10.7. The molecule has 0 aliphatic rings. The summed E-state index contributed by atoms with van der Waals surface area (Å²) >= 11 is 17.4. The van der Waals surface area contributed by atoms with Gasteiger partial charge in [-0.2, -0.15) is 0 Å². The molecular formula is C19H21BrCl3N5OS. The van der Waals surface area contributed by atoms with Crippen molar-refractivity contribution in [2.24, 2.45) is 7.05 Å². The van der Waals surface area contributed by atoms with Crippen LogP contribution in [0.15, 0.2) is 46.0 Å². The first-order valence-corrected chi connectivity index (χ1v) is 11.5. The molecular weight excluding hydrogens is 533 g/mol. The molecule has 0 radical (unpaired) electrons. The number of tetrazole rings is 1. The molecule has 3 aromatic rings. The lowest BCUT2D eigenvalue weighted by Gasteiger charge is -2.14. The quantitative estimate of drug-likeness (QED) is 0.262. The average Bonchev–Trinajstić information content (AvgIpc) is 3.10. The number of nitrogens with zero attached hydrogens (tertiary/aromatic N) is 4. The van der Waals surface area contributed by atoms with Crippen LogP contribution < -0.4 is 10.1 Å². The summed E-state index contributed by atoms with van der Waals surface area (Å²) in [7, 11) is 1.84. The Balaban J connectivity index is 0.00000320. The van der Waals surface area contributed by atoms with Crippen molar-refractivity contribution in [1.82, 2.24) is 25.5 Å². The van der Waals surface area contributed by atoms with Gasteiger partial charge in [-0.15, -0.1) is 17.5 Å². The first kappa shape index (κ1) is 25.2. The first-order chi connectivity index (χ1) is 14.0. The summed E-state index contributed by atoms with van der Waals surface area (Å²) in [5, 5.41) is 16.9. The highest BCUT2D eigenvalue weighted by atomic mass is 79.9. The monoisotopic (exact) mass is 551 g/mol. The van der Waals surface area contributed by atoms with Crippen molar-refractivity contribution in [2.75, 3.05) is 12.3 Å². The van der Waals surface area contributed by atoms with E-state index < -0.39 is 0 Å². The molecule has 0 spiro atoms. The van der Waals surface area contributed by atoms with Gasteiger partial charge in [-0.1, -0.05) is 57.0 Å². The second-order valence-corrected chi connectivity index (χ2v) is 9.06. The van der Waals surface area contributed by atoms with Crippen LogP contribution in [-0.4, -0.2) is 32.5 Å². The molecule has 0 aliphatic carbocycles. The maximum atomic E-state index is 6.24. The molecule has 0 unspecified atom stereocenters. The molecule has 0 atom stereocenters. The number of thioether (sulfide) groups is 1. The molecule has 1 aromatic heterocycles.